The summed E-state index contributed by atoms with van der Waals surface area (Å²) >= 11 is 0. The molecule has 2 amide bonds. The van der Waals surface area contributed by atoms with E-state index in [0.717, 1.165) is 49.9 Å². The highest BCUT2D eigenvalue weighted by Crippen LogP contribution is 2.22. The van der Waals surface area contributed by atoms with E-state index in [9.17, 15) is 9.59 Å². The smallest absolute Gasteiger partial charge is 0.222 e. The van der Waals surface area contributed by atoms with E-state index in [1.807, 2.05) is 24.0 Å². The Balaban J connectivity index is 1.40. The molecular weight excluding hydrogens is 374 g/mol. The maximum Gasteiger partial charge on any atom is 0.222 e. The lowest BCUT2D eigenvalue weighted by molar-refractivity contribution is -0.132. The standard InChI is InChI=1S/C25H33N3O2/c1-3-19(2)27-24(29)18-21-12-16-28(17-13-21)25(30)9-6-20-4-7-22(8-5-20)23-10-14-26-15-11-23/h4-5,7-8,10-11,14-15,19,21H,3,6,9,12-13,16-18H2,1-2H3,(H,27,29)/t19-/m1/s1. The van der Waals surface area contributed by atoms with Crippen molar-refractivity contribution < 1.29 is 9.59 Å². The molecule has 160 valence electrons. The normalized spacial score (nSPS) is 15.6. The maximum absolute atomic E-state index is 12.6. The van der Waals surface area contributed by atoms with Gasteiger partial charge in [-0.15, -0.1) is 0 Å². The molecule has 1 N–H and O–H groups in total. The lowest BCUT2D eigenvalue weighted by atomic mass is 9.92. The number of piperidine rings is 1. The number of likely N-dealkylation sites (tertiary alicyclic amines) is 1. The first-order valence-electron chi connectivity index (χ1n) is 11.1. The summed E-state index contributed by atoms with van der Waals surface area (Å²) in [4.78, 5) is 30.7. The van der Waals surface area contributed by atoms with Crippen molar-refractivity contribution in [1.29, 1.82) is 0 Å². The highest BCUT2D eigenvalue weighted by Gasteiger charge is 2.24. The molecule has 2 heterocycles. The summed E-state index contributed by atoms with van der Waals surface area (Å²) in [5.41, 5.74) is 3.48. The molecule has 5 heteroatoms. The second-order valence-corrected chi connectivity index (χ2v) is 8.34. The Bertz CT molecular complexity index is 812. The molecule has 1 atom stereocenters. The first kappa shape index (κ1) is 22.0. The third-order valence-corrected chi connectivity index (χ3v) is 6.06. The SMILES string of the molecule is CC[C@@H](C)NC(=O)CC1CCN(C(=O)CCc2ccc(-c3ccncc3)cc2)CC1. The molecule has 0 radical (unpaired) electrons. The number of nitrogens with one attached hydrogen (secondary N) is 1. The van der Waals surface area contributed by atoms with Crippen LogP contribution in [-0.4, -0.2) is 40.8 Å². The van der Waals surface area contributed by atoms with E-state index in [0.29, 0.717) is 18.8 Å². The summed E-state index contributed by atoms with van der Waals surface area (Å²) in [6, 6.07) is 12.6. The van der Waals surface area contributed by atoms with Crippen molar-refractivity contribution in [2.24, 2.45) is 5.92 Å². The number of rotatable bonds is 8. The van der Waals surface area contributed by atoms with Gasteiger partial charge in [0.2, 0.25) is 11.8 Å². The first-order valence-corrected chi connectivity index (χ1v) is 11.1. The summed E-state index contributed by atoms with van der Waals surface area (Å²) in [6.45, 7) is 5.64. The van der Waals surface area contributed by atoms with E-state index >= 15 is 0 Å². The molecule has 0 saturated carbocycles. The number of carbonyl (C=O) groups excluding carboxylic acids is 2. The molecule has 0 unspecified atom stereocenters. The average molecular weight is 408 g/mol. The Morgan fingerprint density at radius 3 is 2.33 bits per heavy atom. The van der Waals surface area contributed by atoms with Gasteiger partial charge in [0, 0.05) is 44.4 Å². The van der Waals surface area contributed by atoms with E-state index in [2.05, 4.69) is 41.5 Å². The van der Waals surface area contributed by atoms with Gasteiger partial charge in [0.25, 0.3) is 0 Å². The molecule has 0 spiro atoms. The number of carbonyl (C=O) groups is 2. The van der Waals surface area contributed by atoms with Gasteiger partial charge in [0.1, 0.15) is 0 Å². The van der Waals surface area contributed by atoms with Gasteiger partial charge in [-0.05, 0) is 67.3 Å². The number of pyridine rings is 1. The van der Waals surface area contributed by atoms with Gasteiger partial charge in [-0.1, -0.05) is 31.2 Å². The minimum atomic E-state index is 0.143. The van der Waals surface area contributed by atoms with Crippen LogP contribution in [0.25, 0.3) is 11.1 Å². The van der Waals surface area contributed by atoms with E-state index in [4.69, 9.17) is 0 Å². The van der Waals surface area contributed by atoms with Crippen molar-refractivity contribution in [1.82, 2.24) is 15.2 Å². The first-order chi connectivity index (χ1) is 14.5. The summed E-state index contributed by atoms with van der Waals surface area (Å²) < 4.78 is 0. The monoisotopic (exact) mass is 407 g/mol. The topological polar surface area (TPSA) is 62.3 Å². The summed E-state index contributed by atoms with van der Waals surface area (Å²) in [7, 11) is 0. The zero-order valence-corrected chi connectivity index (χ0v) is 18.1. The molecule has 1 aliphatic heterocycles. The van der Waals surface area contributed by atoms with Crippen molar-refractivity contribution in [2.45, 2.75) is 58.4 Å². The molecule has 1 aromatic carbocycles. The van der Waals surface area contributed by atoms with Crippen molar-refractivity contribution in [3.8, 4) is 11.1 Å². The van der Waals surface area contributed by atoms with Crippen LogP contribution in [-0.2, 0) is 16.0 Å². The van der Waals surface area contributed by atoms with E-state index in [1.165, 1.54) is 5.56 Å². The van der Waals surface area contributed by atoms with E-state index in [1.54, 1.807) is 12.4 Å². The molecule has 1 aliphatic rings. The number of hydrogen-bond donors (Lipinski definition) is 1. The summed E-state index contributed by atoms with van der Waals surface area (Å²) in [5, 5.41) is 3.04. The molecule has 1 fully saturated rings. The molecule has 2 aromatic rings. The number of amides is 2. The van der Waals surface area contributed by atoms with Crippen LogP contribution in [0.1, 0.15) is 51.5 Å². The van der Waals surface area contributed by atoms with Crippen LogP contribution in [0, 0.1) is 5.92 Å². The minimum Gasteiger partial charge on any atom is -0.354 e. The quantitative estimate of drug-likeness (QED) is 0.712. The van der Waals surface area contributed by atoms with Gasteiger partial charge in [-0.2, -0.15) is 0 Å². The number of aryl methyl sites for hydroxylation is 1. The lowest BCUT2D eigenvalue weighted by Gasteiger charge is -2.32. The van der Waals surface area contributed by atoms with Crippen molar-refractivity contribution in [3.05, 3.63) is 54.4 Å². The van der Waals surface area contributed by atoms with Gasteiger partial charge < -0.3 is 10.2 Å². The largest absolute Gasteiger partial charge is 0.354 e. The van der Waals surface area contributed by atoms with Gasteiger partial charge in [0.05, 0.1) is 0 Å². The number of nitrogens with zero attached hydrogens (tertiary/aromatic N) is 2. The minimum absolute atomic E-state index is 0.143. The van der Waals surface area contributed by atoms with E-state index < -0.39 is 0 Å². The lowest BCUT2D eigenvalue weighted by Crippen LogP contribution is -2.40. The Morgan fingerprint density at radius 2 is 1.70 bits per heavy atom. The van der Waals surface area contributed by atoms with Gasteiger partial charge in [0.15, 0.2) is 0 Å². The fourth-order valence-electron chi connectivity index (χ4n) is 3.90. The van der Waals surface area contributed by atoms with Crippen molar-refractivity contribution in [2.75, 3.05) is 13.1 Å². The highest BCUT2D eigenvalue weighted by molar-refractivity contribution is 5.77. The highest BCUT2D eigenvalue weighted by atomic mass is 16.2. The Hall–Kier alpha value is -2.69. The fourth-order valence-corrected chi connectivity index (χ4v) is 3.90. The molecule has 3 rings (SSSR count). The maximum atomic E-state index is 12.6. The van der Waals surface area contributed by atoms with Crippen LogP contribution in [0.2, 0.25) is 0 Å². The fraction of sp³-hybridized carbons (Fsp3) is 0.480. The van der Waals surface area contributed by atoms with Crippen LogP contribution in [0.3, 0.4) is 0 Å². The van der Waals surface area contributed by atoms with Crippen molar-refractivity contribution >= 4 is 11.8 Å². The molecule has 1 aromatic heterocycles. The predicted octanol–water partition coefficient (Wildman–Crippen LogP) is 4.22. The Labute approximate surface area is 179 Å². The summed E-state index contributed by atoms with van der Waals surface area (Å²) in [6.07, 6.45) is 8.24. The van der Waals surface area contributed by atoms with Crippen molar-refractivity contribution in [3.63, 3.8) is 0 Å². The van der Waals surface area contributed by atoms with Crippen LogP contribution < -0.4 is 5.32 Å². The number of aromatic nitrogens is 1. The van der Waals surface area contributed by atoms with Gasteiger partial charge in [-0.25, -0.2) is 0 Å². The van der Waals surface area contributed by atoms with Crippen LogP contribution in [0.4, 0.5) is 0 Å². The van der Waals surface area contributed by atoms with Crippen LogP contribution >= 0.6 is 0 Å². The van der Waals surface area contributed by atoms with Crippen LogP contribution in [0.15, 0.2) is 48.8 Å². The molecule has 5 nitrogen and oxygen atoms in total. The number of hydrogen-bond acceptors (Lipinski definition) is 3. The second-order valence-electron chi connectivity index (χ2n) is 8.34. The van der Waals surface area contributed by atoms with E-state index in [-0.39, 0.29) is 17.9 Å². The number of benzene rings is 1. The second kappa shape index (κ2) is 10.9. The Kier molecular flexibility index (Phi) is 8.00. The summed E-state index contributed by atoms with van der Waals surface area (Å²) in [5.74, 6) is 0.749. The molecule has 0 bridgehead atoms. The molecule has 1 saturated heterocycles. The van der Waals surface area contributed by atoms with Gasteiger partial charge in [-0.3, -0.25) is 14.6 Å². The zero-order valence-electron chi connectivity index (χ0n) is 18.1. The van der Waals surface area contributed by atoms with Gasteiger partial charge >= 0.3 is 0 Å². The third-order valence-electron chi connectivity index (χ3n) is 6.06. The molecular formula is C25H33N3O2. The van der Waals surface area contributed by atoms with Crippen LogP contribution in [0.5, 0.6) is 0 Å². The molecule has 0 aliphatic carbocycles. The molecule has 30 heavy (non-hydrogen) atoms. The third kappa shape index (κ3) is 6.41. The zero-order chi connectivity index (χ0) is 21.3. The Morgan fingerprint density at radius 1 is 1.07 bits per heavy atom. The predicted molar refractivity (Wildman–Crippen MR) is 120 cm³/mol. The average Bonchev–Trinajstić information content (AvgIpc) is 2.78.